The van der Waals surface area contributed by atoms with E-state index in [2.05, 4.69) is 21.7 Å². The van der Waals surface area contributed by atoms with E-state index in [0.717, 1.165) is 22.3 Å². The first-order valence-corrected chi connectivity index (χ1v) is 11.2. The molecule has 4 amide bonds. The fraction of sp³-hybridized carbons (Fsp3) is 0.360. The zero-order chi connectivity index (χ0) is 25.8. The van der Waals surface area contributed by atoms with Crippen molar-refractivity contribution in [3.63, 3.8) is 0 Å². The molecule has 0 saturated carbocycles. The number of benzene rings is 2. The molecule has 0 aliphatic heterocycles. The molecule has 0 spiro atoms. The molecule has 2 rings (SSSR count). The molecule has 35 heavy (non-hydrogen) atoms. The predicted molar refractivity (Wildman–Crippen MR) is 129 cm³/mol. The summed E-state index contributed by atoms with van der Waals surface area (Å²) in [6.45, 7) is 7.02. The molecule has 0 radical (unpaired) electrons. The number of carbonyl (C=O) groups excluding carboxylic acids is 4. The first-order chi connectivity index (χ1) is 16.7. The van der Waals surface area contributed by atoms with Crippen molar-refractivity contribution in [3.05, 3.63) is 58.7 Å². The van der Waals surface area contributed by atoms with Crippen LogP contribution in [0.1, 0.15) is 41.5 Å². The van der Waals surface area contributed by atoms with Gasteiger partial charge in [-0.05, 0) is 56.4 Å². The average Bonchev–Trinajstić information content (AvgIpc) is 2.81. The number of amides is 4. The summed E-state index contributed by atoms with van der Waals surface area (Å²) in [5, 5.41) is 0. The van der Waals surface area contributed by atoms with Crippen LogP contribution in [0.5, 0.6) is 11.5 Å². The number of rotatable bonds is 10. The molecule has 10 heteroatoms. The lowest BCUT2D eigenvalue weighted by Crippen LogP contribution is -2.44. The largest absolute Gasteiger partial charge is 0.483 e. The minimum atomic E-state index is -0.510. The van der Waals surface area contributed by atoms with E-state index in [0.29, 0.717) is 11.5 Å². The maximum Gasteiger partial charge on any atom is 0.276 e. The van der Waals surface area contributed by atoms with Crippen LogP contribution in [-0.4, -0.2) is 36.8 Å². The standard InChI is InChI=1S/C25H32N4O6/c1-16-8-5-9-17(2)24(16)34-14-22(32)28-26-20(30)12-7-13-21(31)27-29-23(33)15-35-25-18(3)10-6-11-19(25)4/h5-6,8-11H,7,12-15H2,1-4H3,(H,26,30)(H,27,31)(H,28,32)(H,29,33). The van der Waals surface area contributed by atoms with Gasteiger partial charge in [0.15, 0.2) is 13.2 Å². The van der Waals surface area contributed by atoms with E-state index in [9.17, 15) is 19.2 Å². The summed E-state index contributed by atoms with van der Waals surface area (Å²) in [4.78, 5) is 47.5. The summed E-state index contributed by atoms with van der Waals surface area (Å²) >= 11 is 0. The van der Waals surface area contributed by atoms with Crippen molar-refractivity contribution in [1.29, 1.82) is 0 Å². The quantitative estimate of drug-likeness (QED) is 0.380. The fourth-order valence-electron chi connectivity index (χ4n) is 3.21. The van der Waals surface area contributed by atoms with Crippen molar-refractivity contribution in [2.75, 3.05) is 13.2 Å². The van der Waals surface area contributed by atoms with Crippen LogP contribution in [0.4, 0.5) is 0 Å². The number of aryl methyl sites for hydroxylation is 4. The van der Waals surface area contributed by atoms with Crippen LogP contribution in [-0.2, 0) is 19.2 Å². The van der Waals surface area contributed by atoms with Gasteiger partial charge in [0.05, 0.1) is 0 Å². The first-order valence-electron chi connectivity index (χ1n) is 11.2. The molecule has 188 valence electrons. The highest BCUT2D eigenvalue weighted by Crippen LogP contribution is 2.22. The van der Waals surface area contributed by atoms with Gasteiger partial charge in [-0.25, -0.2) is 0 Å². The molecule has 0 atom stereocenters. The third-order valence-electron chi connectivity index (χ3n) is 5.00. The van der Waals surface area contributed by atoms with Crippen molar-refractivity contribution in [2.45, 2.75) is 47.0 Å². The second-order valence-electron chi connectivity index (χ2n) is 8.07. The van der Waals surface area contributed by atoms with Gasteiger partial charge in [0.25, 0.3) is 11.8 Å². The van der Waals surface area contributed by atoms with Gasteiger partial charge in [0, 0.05) is 12.8 Å². The number of hydrazine groups is 2. The molecule has 2 aromatic carbocycles. The molecule has 0 fully saturated rings. The average molecular weight is 485 g/mol. The van der Waals surface area contributed by atoms with Crippen molar-refractivity contribution >= 4 is 23.6 Å². The zero-order valence-electron chi connectivity index (χ0n) is 20.4. The molecule has 0 aromatic heterocycles. The normalized spacial score (nSPS) is 10.2. The van der Waals surface area contributed by atoms with Gasteiger partial charge >= 0.3 is 0 Å². The minimum absolute atomic E-state index is 0.00901. The highest BCUT2D eigenvalue weighted by atomic mass is 16.5. The Morgan fingerprint density at radius 1 is 0.571 bits per heavy atom. The molecule has 0 bridgehead atoms. The summed E-state index contributed by atoms with van der Waals surface area (Å²) in [5.74, 6) is -0.671. The highest BCUT2D eigenvalue weighted by molar-refractivity contribution is 5.84. The van der Waals surface area contributed by atoms with E-state index >= 15 is 0 Å². The van der Waals surface area contributed by atoms with Gasteiger partial charge in [-0.2, -0.15) is 0 Å². The molecular formula is C25H32N4O6. The van der Waals surface area contributed by atoms with E-state index in [1.807, 2.05) is 64.1 Å². The summed E-state index contributed by atoms with van der Waals surface area (Å²) in [6, 6.07) is 11.3. The molecule has 4 N–H and O–H groups in total. The van der Waals surface area contributed by atoms with Gasteiger partial charge in [-0.1, -0.05) is 36.4 Å². The Labute approximate surface area is 204 Å². The maximum atomic E-state index is 11.9. The van der Waals surface area contributed by atoms with Crippen LogP contribution < -0.4 is 31.2 Å². The summed E-state index contributed by atoms with van der Waals surface area (Å²) in [6.07, 6.45) is 0.241. The summed E-state index contributed by atoms with van der Waals surface area (Å²) in [7, 11) is 0. The van der Waals surface area contributed by atoms with Crippen LogP contribution in [0.25, 0.3) is 0 Å². The monoisotopic (exact) mass is 484 g/mol. The molecular weight excluding hydrogens is 452 g/mol. The van der Waals surface area contributed by atoms with Gasteiger partial charge in [-0.3, -0.25) is 40.9 Å². The molecule has 10 nitrogen and oxygen atoms in total. The van der Waals surface area contributed by atoms with E-state index < -0.39 is 23.6 Å². The smallest absolute Gasteiger partial charge is 0.276 e. The second-order valence-corrected chi connectivity index (χ2v) is 8.07. The van der Waals surface area contributed by atoms with Crippen molar-refractivity contribution < 1.29 is 28.7 Å². The molecule has 2 aromatic rings. The van der Waals surface area contributed by atoms with Crippen LogP contribution >= 0.6 is 0 Å². The number of ether oxygens (including phenoxy) is 2. The second kappa shape index (κ2) is 13.6. The van der Waals surface area contributed by atoms with Gasteiger partial charge in [0.2, 0.25) is 11.8 Å². The SMILES string of the molecule is Cc1cccc(C)c1OCC(=O)NNC(=O)CCCC(=O)NNC(=O)COc1c(C)cccc1C. The third kappa shape index (κ3) is 9.36. The lowest BCUT2D eigenvalue weighted by Gasteiger charge is -2.13. The molecule has 0 aliphatic rings. The van der Waals surface area contributed by atoms with E-state index in [1.165, 1.54) is 0 Å². The number of hydrogen-bond donors (Lipinski definition) is 4. The van der Waals surface area contributed by atoms with E-state index in [-0.39, 0.29) is 32.5 Å². The van der Waals surface area contributed by atoms with Crippen LogP contribution in [0, 0.1) is 27.7 Å². The highest BCUT2D eigenvalue weighted by Gasteiger charge is 2.11. The fourth-order valence-corrected chi connectivity index (χ4v) is 3.21. The third-order valence-corrected chi connectivity index (χ3v) is 5.00. The maximum absolute atomic E-state index is 11.9. The minimum Gasteiger partial charge on any atom is -0.483 e. The topological polar surface area (TPSA) is 135 Å². The van der Waals surface area contributed by atoms with Gasteiger partial charge < -0.3 is 9.47 Å². The number of para-hydroxylation sites is 2. The van der Waals surface area contributed by atoms with E-state index in [1.54, 1.807) is 0 Å². The molecule has 0 saturated heterocycles. The van der Waals surface area contributed by atoms with Crippen LogP contribution in [0.2, 0.25) is 0 Å². The Hall–Kier alpha value is -4.08. The van der Waals surface area contributed by atoms with Gasteiger partial charge in [0.1, 0.15) is 11.5 Å². The summed E-state index contributed by atoms with van der Waals surface area (Å²) < 4.78 is 11.0. The lowest BCUT2D eigenvalue weighted by molar-refractivity contribution is -0.131. The van der Waals surface area contributed by atoms with Crippen molar-refractivity contribution in [1.82, 2.24) is 21.7 Å². The van der Waals surface area contributed by atoms with Crippen molar-refractivity contribution in [3.8, 4) is 11.5 Å². The molecule has 0 aliphatic carbocycles. The Morgan fingerprint density at radius 2 is 0.886 bits per heavy atom. The Bertz CT molecular complexity index is 946. The predicted octanol–water partition coefficient (Wildman–Crippen LogP) is 1.84. The zero-order valence-corrected chi connectivity index (χ0v) is 20.4. The molecule has 0 unspecified atom stereocenters. The Balaban J connectivity index is 1.57. The van der Waals surface area contributed by atoms with E-state index in [4.69, 9.17) is 9.47 Å². The number of carbonyl (C=O) groups is 4. The van der Waals surface area contributed by atoms with Gasteiger partial charge in [-0.15, -0.1) is 0 Å². The Morgan fingerprint density at radius 3 is 1.23 bits per heavy atom. The van der Waals surface area contributed by atoms with Crippen LogP contribution in [0.3, 0.4) is 0 Å². The number of hydrogen-bond acceptors (Lipinski definition) is 6. The first kappa shape index (κ1) is 27.2. The van der Waals surface area contributed by atoms with Crippen LogP contribution in [0.15, 0.2) is 36.4 Å². The lowest BCUT2D eigenvalue weighted by atomic mass is 10.1. The van der Waals surface area contributed by atoms with Crippen molar-refractivity contribution in [2.24, 2.45) is 0 Å². The number of nitrogens with one attached hydrogen (secondary N) is 4. The summed E-state index contributed by atoms with van der Waals surface area (Å²) in [5.41, 5.74) is 12.7. The Kier molecular flexibility index (Phi) is 10.5. The molecule has 0 heterocycles.